The lowest BCUT2D eigenvalue weighted by Crippen LogP contribution is -2.27. The molecule has 0 heterocycles. The van der Waals surface area contributed by atoms with Crippen molar-refractivity contribution < 1.29 is 31.1 Å². The molecule has 9 nitrogen and oxygen atoms in total. The molecular weight excluding hydrogens is 504 g/mol. The molecule has 0 radical (unpaired) electrons. The molecule has 2 N–H and O–H groups in total. The highest BCUT2D eigenvalue weighted by atomic mass is 32.2. The third-order valence-corrected chi connectivity index (χ3v) is 7.84. The highest BCUT2D eigenvalue weighted by Gasteiger charge is 2.30. The zero-order valence-corrected chi connectivity index (χ0v) is 20.7. The molecule has 0 unspecified atom stereocenters. The fourth-order valence-corrected chi connectivity index (χ4v) is 5.99. The SMILES string of the molecule is CCOC(=O)Oc1ccc2cc(S(N)(=O)=O)cc(S(=O)(=O)N(c3ccccc3)c3ccccc3)c2c1. The largest absolute Gasteiger partial charge is 0.513 e. The van der Waals surface area contributed by atoms with Crippen LogP contribution >= 0.6 is 0 Å². The number of primary sulfonamides is 1. The Bertz CT molecular complexity index is 1580. The zero-order chi connectivity index (χ0) is 25.9. The van der Waals surface area contributed by atoms with Crippen LogP contribution in [-0.4, -0.2) is 29.6 Å². The minimum atomic E-state index is -4.43. The Labute approximate surface area is 208 Å². The van der Waals surface area contributed by atoms with Crippen molar-refractivity contribution in [2.75, 3.05) is 10.9 Å². The van der Waals surface area contributed by atoms with Crippen molar-refractivity contribution in [3.05, 3.63) is 91.0 Å². The third-order valence-electron chi connectivity index (χ3n) is 5.15. The van der Waals surface area contributed by atoms with Crippen LogP contribution in [0.4, 0.5) is 16.2 Å². The normalized spacial score (nSPS) is 11.7. The van der Waals surface area contributed by atoms with Gasteiger partial charge in [-0.05, 0) is 60.8 Å². The topological polar surface area (TPSA) is 133 Å². The number of benzene rings is 4. The number of nitrogens with zero attached hydrogens (tertiary/aromatic N) is 1. The lowest BCUT2D eigenvalue weighted by molar-refractivity contribution is 0.104. The summed E-state index contributed by atoms with van der Waals surface area (Å²) in [5.41, 5.74) is 0.661. The monoisotopic (exact) mass is 526 g/mol. The van der Waals surface area contributed by atoms with Crippen LogP contribution in [0, 0.1) is 0 Å². The van der Waals surface area contributed by atoms with E-state index in [1.807, 2.05) is 0 Å². The maximum Gasteiger partial charge on any atom is 0.513 e. The van der Waals surface area contributed by atoms with E-state index in [4.69, 9.17) is 14.6 Å². The van der Waals surface area contributed by atoms with Gasteiger partial charge in [0.05, 0.1) is 27.8 Å². The number of nitrogens with two attached hydrogens (primary N) is 1. The number of hydrogen-bond donors (Lipinski definition) is 1. The number of fused-ring (bicyclic) bond motifs is 1. The summed E-state index contributed by atoms with van der Waals surface area (Å²) in [7, 11) is -8.69. The van der Waals surface area contributed by atoms with E-state index in [0.29, 0.717) is 11.4 Å². The Kier molecular flexibility index (Phi) is 6.97. The molecule has 4 aromatic carbocycles. The van der Waals surface area contributed by atoms with Crippen molar-refractivity contribution in [1.82, 2.24) is 0 Å². The van der Waals surface area contributed by atoms with E-state index in [0.717, 1.165) is 10.4 Å². The first-order valence-electron chi connectivity index (χ1n) is 10.7. The minimum absolute atomic E-state index is 0.0201. The average molecular weight is 527 g/mol. The van der Waals surface area contributed by atoms with Crippen LogP contribution in [0.2, 0.25) is 0 Å². The Hall–Kier alpha value is -3.93. The number of sulfonamides is 2. The van der Waals surface area contributed by atoms with Crippen molar-refractivity contribution >= 4 is 48.3 Å². The molecule has 0 spiro atoms. The van der Waals surface area contributed by atoms with Gasteiger partial charge in [-0.3, -0.25) is 0 Å². The highest BCUT2D eigenvalue weighted by Crippen LogP contribution is 2.37. The molecule has 0 aliphatic carbocycles. The van der Waals surface area contributed by atoms with Gasteiger partial charge >= 0.3 is 6.16 Å². The van der Waals surface area contributed by atoms with Crippen molar-refractivity contribution in [2.24, 2.45) is 5.14 Å². The smallest absolute Gasteiger partial charge is 0.434 e. The Morgan fingerprint density at radius 3 is 1.94 bits per heavy atom. The quantitative estimate of drug-likeness (QED) is 0.276. The van der Waals surface area contributed by atoms with Crippen molar-refractivity contribution in [2.45, 2.75) is 16.7 Å². The van der Waals surface area contributed by atoms with Crippen molar-refractivity contribution in [1.29, 1.82) is 0 Å². The Morgan fingerprint density at radius 1 is 0.833 bits per heavy atom. The molecule has 0 saturated heterocycles. The van der Waals surface area contributed by atoms with E-state index in [1.165, 1.54) is 24.3 Å². The van der Waals surface area contributed by atoms with Gasteiger partial charge in [0.1, 0.15) is 5.75 Å². The molecule has 186 valence electrons. The fourth-order valence-electron chi connectivity index (χ4n) is 3.61. The second kappa shape index (κ2) is 9.97. The number of hydrogen-bond acceptors (Lipinski definition) is 7. The molecule has 11 heteroatoms. The number of anilines is 2. The summed E-state index contributed by atoms with van der Waals surface area (Å²) in [5.74, 6) is 0.0201. The molecule has 0 fully saturated rings. The van der Waals surface area contributed by atoms with Crippen LogP contribution in [0.15, 0.2) is 101 Å². The van der Waals surface area contributed by atoms with Crippen LogP contribution in [0.25, 0.3) is 10.8 Å². The van der Waals surface area contributed by atoms with Gasteiger partial charge in [-0.1, -0.05) is 42.5 Å². The van der Waals surface area contributed by atoms with E-state index in [9.17, 15) is 21.6 Å². The first kappa shape index (κ1) is 25.2. The second-order valence-electron chi connectivity index (χ2n) is 7.57. The van der Waals surface area contributed by atoms with E-state index in [2.05, 4.69) is 0 Å². The summed E-state index contributed by atoms with van der Waals surface area (Å²) < 4.78 is 63.9. The predicted octanol–water partition coefficient (Wildman–Crippen LogP) is 4.55. The van der Waals surface area contributed by atoms with E-state index >= 15 is 0 Å². The van der Waals surface area contributed by atoms with Gasteiger partial charge in [-0.2, -0.15) is 0 Å². The van der Waals surface area contributed by atoms with Crippen LogP contribution in [-0.2, 0) is 24.8 Å². The molecule has 4 aromatic rings. The van der Waals surface area contributed by atoms with Gasteiger partial charge in [0.15, 0.2) is 0 Å². The lowest BCUT2D eigenvalue weighted by Gasteiger charge is -2.25. The molecular formula is C25H22N2O7S2. The van der Waals surface area contributed by atoms with E-state index in [1.54, 1.807) is 67.6 Å². The standard InChI is InChI=1S/C25H22N2O7S2/c1-2-33-25(28)34-21-14-13-18-15-22(35(26,29)30)17-24(23(18)16-21)36(31,32)27(19-9-5-3-6-10-19)20-11-7-4-8-12-20/h3-17H,2H2,1H3,(H2,26,29,30). The van der Waals surface area contributed by atoms with Crippen LogP contribution in [0.5, 0.6) is 5.75 Å². The number of rotatable bonds is 7. The van der Waals surface area contributed by atoms with Gasteiger partial charge in [-0.15, -0.1) is 0 Å². The summed E-state index contributed by atoms with van der Waals surface area (Å²) in [6.45, 7) is 1.70. The first-order valence-corrected chi connectivity index (χ1v) is 13.7. The first-order chi connectivity index (χ1) is 17.1. The molecule has 0 saturated carbocycles. The highest BCUT2D eigenvalue weighted by molar-refractivity contribution is 7.93. The summed E-state index contributed by atoms with van der Waals surface area (Å²) in [6.07, 6.45) is -0.961. The molecule has 0 aromatic heterocycles. The minimum Gasteiger partial charge on any atom is -0.434 e. The molecule has 0 aliphatic rings. The summed E-state index contributed by atoms with van der Waals surface area (Å²) in [6, 6.07) is 23.1. The van der Waals surface area contributed by atoms with Crippen LogP contribution < -0.4 is 14.2 Å². The lowest BCUT2D eigenvalue weighted by atomic mass is 10.1. The Morgan fingerprint density at radius 2 is 1.42 bits per heavy atom. The average Bonchev–Trinajstić information content (AvgIpc) is 2.84. The van der Waals surface area contributed by atoms with Crippen LogP contribution in [0.1, 0.15) is 6.92 Å². The summed E-state index contributed by atoms with van der Waals surface area (Å²) in [4.78, 5) is 11.1. The molecule has 0 bridgehead atoms. The Balaban J connectivity index is 2.00. The fraction of sp³-hybridized carbons (Fsp3) is 0.0800. The molecule has 0 amide bonds. The van der Waals surface area contributed by atoms with Gasteiger partial charge in [0.25, 0.3) is 10.0 Å². The number of para-hydroxylation sites is 2. The maximum absolute atomic E-state index is 14.2. The number of carbonyl (C=O) groups excluding carboxylic acids is 1. The van der Waals surface area contributed by atoms with E-state index in [-0.39, 0.29) is 32.9 Å². The van der Waals surface area contributed by atoms with Crippen molar-refractivity contribution in [3.63, 3.8) is 0 Å². The summed E-state index contributed by atoms with van der Waals surface area (Å²) >= 11 is 0. The predicted molar refractivity (Wildman–Crippen MR) is 135 cm³/mol. The van der Waals surface area contributed by atoms with Gasteiger partial charge in [0, 0.05) is 5.39 Å². The maximum atomic E-state index is 14.2. The second-order valence-corrected chi connectivity index (χ2v) is 10.9. The molecule has 0 aliphatic heterocycles. The van der Waals surface area contributed by atoms with Crippen molar-refractivity contribution in [3.8, 4) is 5.75 Å². The van der Waals surface area contributed by atoms with Gasteiger partial charge < -0.3 is 9.47 Å². The van der Waals surface area contributed by atoms with Gasteiger partial charge in [-0.25, -0.2) is 31.1 Å². The molecule has 4 rings (SSSR count). The molecule has 36 heavy (non-hydrogen) atoms. The van der Waals surface area contributed by atoms with Crippen LogP contribution in [0.3, 0.4) is 0 Å². The number of ether oxygens (including phenoxy) is 2. The molecule has 0 atom stereocenters. The summed E-state index contributed by atoms with van der Waals surface area (Å²) in [5, 5.41) is 5.75. The van der Waals surface area contributed by atoms with Gasteiger partial charge in [0.2, 0.25) is 10.0 Å². The number of carbonyl (C=O) groups is 1. The zero-order valence-electron chi connectivity index (χ0n) is 19.1. The van der Waals surface area contributed by atoms with E-state index < -0.39 is 26.2 Å². The third kappa shape index (κ3) is 5.18.